The molecule has 77 heavy (non-hydrogen) atoms. The molecule has 6 rings (SSSR count). The Morgan fingerprint density at radius 2 is 1.43 bits per heavy atom. The van der Waals surface area contributed by atoms with E-state index in [1.165, 1.54) is 35.9 Å². The minimum Gasteiger partial charge on any atom is -0.748 e. The minimum atomic E-state index is -4.02. The number of nitrogens with two attached hydrogens (primary N) is 1. The standard InChI is InChI=1S/C18H18O2.C9H20O3S.C8H15NO.C8H19N.C6H13N3O.C6H10O5S.CO2/c1-2-7-18(19)20-12-17-15-10-5-3-8-13(15)14-9-4-6-11-16(14)17;1-3-5-6-7-9(4-2)8-13(10,11)12;1-3-4-9-6-7(2)5-8(9)10;1-6-9(7(2)3)8(4)5;1-8-5-2-6(10)9(3-5)4-7;1-10-6(7)2-5-3-11-12(8,9)4-5;2-1-3/h3-6,8-11,17H,2,7,12H2,1H3;9H,3-8H2,1-2H3,(H,10,11,12);7H,3-6H2,1-2H3;7-8H,6H2,1-5H3;5,8H,2-4,7H2,1H3;5H,2-4H2,1H3;/t;9-;7-;;2*5-;/m.11.11./s1. The number of nitrogens with one attached hydrogen (secondary N) is 2. The molecule has 0 bridgehead atoms. The number of rotatable bonds is 20. The summed E-state index contributed by atoms with van der Waals surface area (Å²) in [5.74, 6) is 0.292. The van der Waals surface area contributed by atoms with Gasteiger partial charge in [-0.25, -0.2) is 8.42 Å². The summed E-state index contributed by atoms with van der Waals surface area (Å²) in [4.78, 5) is 65.9. The van der Waals surface area contributed by atoms with E-state index < -0.39 is 26.2 Å². The highest BCUT2D eigenvalue weighted by Crippen LogP contribution is 2.44. The number of ether oxygens (including phenoxy) is 2. The average Bonchev–Trinajstić information content (AvgIpc) is 4.12. The topological polar surface area (TPSA) is 270 Å². The molecule has 0 unspecified atom stereocenters. The number of fused-ring (bicyclic) bond motifs is 3. The predicted octanol–water partition coefficient (Wildman–Crippen LogP) is 5.92. The highest BCUT2D eigenvalue weighted by Gasteiger charge is 2.32. The molecular formula is C56H95N5O14S2. The largest absolute Gasteiger partial charge is 0.748 e. The van der Waals surface area contributed by atoms with Crippen molar-refractivity contribution in [2.24, 2.45) is 23.5 Å². The molecule has 19 nitrogen and oxygen atoms in total. The lowest BCUT2D eigenvalue weighted by atomic mass is 9.98. The van der Waals surface area contributed by atoms with Gasteiger partial charge in [-0.15, -0.1) is 0 Å². The normalized spacial score (nSPS) is 18.2. The average molecular weight is 1130 g/mol. The molecule has 3 saturated heterocycles. The Bertz CT molecular complexity index is 2220. The first-order valence-electron chi connectivity index (χ1n) is 27.3. The maximum atomic E-state index is 11.6. The van der Waals surface area contributed by atoms with Gasteiger partial charge in [0.25, 0.3) is 10.1 Å². The molecule has 21 heteroatoms. The van der Waals surface area contributed by atoms with E-state index in [0.29, 0.717) is 44.0 Å². The number of unbranched alkanes of at least 4 members (excludes halogenated alkanes) is 2. The SMILES string of the molecule is CCCC(=O)OCC1c2ccccc2-c2ccccc21.CCCCC[C@@H](CC)CS(=O)(=O)[O-].CCCN1C[C@H](C)CC1=O.CC[NH+](C(C)C)C(C)C.CN[C@@H]1CC(=O)N(CN)C1.COC(=O)C[C@@H]1COS(=O)(=O)C1.O=C=O. The van der Waals surface area contributed by atoms with Gasteiger partial charge < -0.3 is 39.8 Å². The number of hydrogen-bond donors (Lipinski definition) is 3. The lowest BCUT2D eigenvalue weighted by Crippen LogP contribution is -3.17. The van der Waals surface area contributed by atoms with E-state index in [9.17, 15) is 40.6 Å². The van der Waals surface area contributed by atoms with Crippen molar-refractivity contribution in [1.29, 1.82) is 0 Å². The van der Waals surface area contributed by atoms with E-state index >= 15 is 0 Å². The summed E-state index contributed by atoms with van der Waals surface area (Å²) in [7, 11) is -4.25. The molecule has 4 N–H and O–H groups in total. The van der Waals surface area contributed by atoms with Crippen LogP contribution >= 0.6 is 0 Å². The highest BCUT2D eigenvalue weighted by molar-refractivity contribution is 7.87. The van der Waals surface area contributed by atoms with Crippen molar-refractivity contribution in [2.75, 3.05) is 71.7 Å². The van der Waals surface area contributed by atoms with E-state index in [1.807, 2.05) is 37.9 Å². The summed E-state index contributed by atoms with van der Waals surface area (Å²) < 4.78 is 67.2. The van der Waals surface area contributed by atoms with E-state index in [-0.39, 0.29) is 60.3 Å². The Balaban J connectivity index is 0.000000913. The van der Waals surface area contributed by atoms with Crippen LogP contribution in [0.3, 0.4) is 0 Å². The number of methoxy groups -OCH3 is 1. The molecule has 3 heterocycles. The molecule has 2 aromatic rings. The van der Waals surface area contributed by atoms with Gasteiger partial charge in [0.05, 0.1) is 61.3 Å². The zero-order chi connectivity index (χ0) is 58.7. The lowest BCUT2D eigenvalue weighted by molar-refractivity contribution is -0.940. The maximum absolute atomic E-state index is 11.6. The monoisotopic (exact) mass is 1130 g/mol. The maximum Gasteiger partial charge on any atom is 0.373 e. The highest BCUT2D eigenvalue weighted by atomic mass is 32.2. The molecule has 2 aromatic carbocycles. The number of nitrogens with zero attached hydrogens (tertiary/aromatic N) is 2. The molecule has 4 aliphatic rings. The molecule has 0 radical (unpaired) electrons. The van der Waals surface area contributed by atoms with Crippen molar-refractivity contribution in [3.8, 4) is 11.1 Å². The summed E-state index contributed by atoms with van der Waals surface area (Å²) in [6.07, 6.45) is 9.05. The van der Waals surface area contributed by atoms with Crippen LogP contribution in [0.1, 0.15) is 157 Å². The molecule has 4 atom stereocenters. The zero-order valence-electron chi connectivity index (χ0n) is 48.3. The third kappa shape index (κ3) is 29.8. The van der Waals surface area contributed by atoms with Gasteiger partial charge in [-0.3, -0.25) is 23.4 Å². The Labute approximate surface area is 461 Å². The molecule has 0 aromatic heterocycles. The first-order valence-corrected chi connectivity index (χ1v) is 30.5. The third-order valence-electron chi connectivity index (χ3n) is 13.3. The number of esters is 2. The second kappa shape index (κ2) is 39.7. The van der Waals surface area contributed by atoms with E-state index in [2.05, 4.69) is 106 Å². The van der Waals surface area contributed by atoms with Crippen molar-refractivity contribution in [1.82, 2.24) is 15.1 Å². The summed E-state index contributed by atoms with van der Waals surface area (Å²) >= 11 is 0. The summed E-state index contributed by atoms with van der Waals surface area (Å²) in [5, 5.41) is 3.04. The van der Waals surface area contributed by atoms with Crippen LogP contribution in [-0.4, -0.2) is 151 Å². The third-order valence-corrected chi connectivity index (χ3v) is 15.6. The summed E-state index contributed by atoms with van der Waals surface area (Å²) in [5.41, 5.74) is 10.4. The number of quaternary nitrogens is 1. The lowest BCUT2D eigenvalue weighted by Gasteiger charge is -2.25. The van der Waals surface area contributed by atoms with Crippen LogP contribution in [0, 0.1) is 17.8 Å². The number of likely N-dealkylation sites (N-methyl/N-ethyl adjacent to an activating group) is 1. The van der Waals surface area contributed by atoms with Crippen molar-refractivity contribution >= 4 is 50.1 Å². The molecule has 2 amide bonds. The molecule has 0 spiro atoms. The van der Waals surface area contributed by atoms with Crippen molar-refractivity contribution in [3.63, 3.8) is 0 Å². The van der Waals surface area contributed by atoms with Crippen LogP contribution in [0.2, 0.25) is 0 Å². The quantitative estimate of drug-likeness (QED) is 0.0601. The zero-order valence-corrected chi connectivity index (χ0v) is 49.9. The fraction of sp³-hybridized carbons (Fsp3) is 0.696. The van der Waals surface area contributed by atoms with Crippen molar-refractivity contribution < 1.29 is 68.7 Å². The fourth-order valence-electron chi connectivity index (χ4n) is 9.37. The summed E-state index contributed by atoms with van der Waals surface area (Å²) in [6, 6.07) is 18.6. The van der Waals surface area contributed by atoms with Gasteiger partial charge in [0.2, 0.25) is 11.8 Å². The van der Waals surface area contributed by atoms with E-state index in [1.54, 1.807) is 9.80 Å². The number of carbonyl (C=O) groups excluding carboxylic acids is 6. The number of hydrogen-bond acceptors (Lipinski definition) is 16. The molecule has 3 aliphatic heterocycles. The number of carbonyl (C=O) groups is 4. The Morgan fingerprint density at radius 3 is 1.79 bits per heavy atom. The van der Waals surface area contributed by atoms with Gasteiger partial charge in [-0.1, -0.05) is 109 Å². The minimum absolute atomic E-state index is 0.0639. The van der Waals surface area contributed by atoms with Crippen LogP contribution in [0.25, 0.3) is 11.1 Å². The Hall–Kier alpha value is -4.60. The Morgan fingerprint density at radius 1 is 0.870 bits per heavy atom. The van der Waals surface area contributed by atoms with E-state index in [0.717, 1.165) is 83.1 Å². The van der Waals surface area contributed by atoms with Gasteiger partial charge in [0, 0.05) is 62.5 Å². The van der Waals surface area contributed by atoms with Crippen LogP contribution in [0.4, 0.5) is 0 Å². The predicted molar refractivity (Wildman–Crippen MR) is 298 cm³/mol. The molecule has 3 fully saturated rings. The number of amides is 2. The van der Waals surface area contributed by atoms with Crippen molar-refractivity contribution in [3.05, 3.63) is 59.7 Å². The first kappa shape index (κ1) is 72.4. The van der Waals surface area contributed by atoms with Crippen LogP contribution in [0.15, 0.2) is 48.5 Å². The smallest absolute Gasteiger partial charge is 0.373 e. The van der Waals surface area contributed by atoms with Crippen LogP contribution in [-0.2, 0) is 62.7 Å². The summed E-state index contributed by atoms with van der Waals surface area (Å²) in [6.45, 7) is 26.4. The fourth-order valence-corrected chi connectivity index (χ4v) is 11.6. The van der Waals surface area contributed by atoms with Crippen LogP contribution in [0.5, 0.6) is 0 Å². The first-order chi connectivity index (χ1) is 36.4. The van der Waals surface area contributed by atoms with Gasteiger partial charge in [-0.2, -0.15) is 18.0 Å². The van der Waals surface area contributed by atoms with Gasteiger partial charge in [0.15, 0.2) is 0 Å². The molecule has 1 aliphatic carbocycles. The molecule has 440 valence electrons. The van der Waals surface area contributed by atoms with E-state index in [4.69, 9.17) is 20.1 Å². The van der Waals surface area contributed by atoms with Crippen LogP contribution < -0.4 is 16.0 Å². The van der Waals surface area contributed by atoms with Gasteiger partial charge in [-0.05, 0) is 95.0 Å². The molecule has 0 saturated carbocycles. The molecular weight excluding hydrogens is 1030 g/mol. The van der Waals surface area contributed by atoms with Gasteiger partial charge in [0.1, 0.15) is 6.61 Å². The number of benzene rings is 2. The van der Waals surface area contributed by atoms with Gasteiger partial charge >= 0.3 is 18.1 Å². The second-order valence-electron chi connectivity index (χ2n) is 20.3. The number of likely N-dealkylation sites (tertiary alicyclic amines) is 2. The Kier molecular flexibility index (Phi) is 37.3. The van der Waals surface area contributed by atoms with Crippen molar-refractivity contribution in [2.45, 2.75) is 164 Å². The second-order valence-corrected chi connectivity index (χ2v) is 23.4.